The van der Waals surface area contributed by atoms with Gasteiger partial charge in [0.1, 0.15) is 11.6 Å². The molecule has 0 aliphatic carbocycles. The summed E-state index contributed by atoms with van der Waals surface area (Å²) in [4.78, 5) is 19.2. The van der Waals surface area contributed by atoms with Gasteiger partial charge in [-0.2, -0.15) is 0 Å². The van der Waals surface area contributed by atoms with Gasteiger partial charge in [0, 0.05) is 30.8 Å². The molecule has 2 heterocycles. The van der Waals surface area contributed by atoms with Crippen LogP contribution in [0.5, 0.6) is 0 Å². The fraction of sp³-hybridized carbons (Fsp3) is 0.333. The van der Waals surface area contributed by atoms with Crippen LogP contribution < -0.4 is 0 Å². The fourth-order valence-corrected chi connectivity index (χ4v) is 3.96. The zero-order chi connectivity index (χ0) is 18.3. The number of hydrogen-bond donors (Lipinski definition) is 0. The molecule has 0 N–H and O–H groups in total. The first-order valence-corrected chi connectivity index (χ1v) is 9.03. The normalized spacial score (nSPS) is 15.6. The Kier molecular flexibility index (Phi) is 4.23. The van der Waals surface area contributed by atoms with Crippen molar-refractivity contribution in [3.8, 4) is 0 Å². The minimum absolute atomic E-state index is 0.107. The van der Waals surface area contributed by atoms with Crippen LogP contribution in [0.15, 0.2) is 42.5 Å². The maximum atomic E-state index is 13.5. The van der Waals surface area contributed by atoms with E-state index in [0.29, 0.717) is 5.52 Å². The summed E-state index contributed by atoms with van der Waals surface area (Å²) in [6.07, 6.45) is 1.75. The summed E-state index contributed by atoms with van der Waals surface area (Å²) in [5.74, 6) is 0.742. The minimum Gasteiger partial charge on any atom is -0.338 e. The van der Waals surface area contributed by atoms with Crippen molar-refractivity contribution in [2.75, 3.05) is 13.1 Å². The zero-order valence-corrected chi connectivity index (χ0v) is 15.1. The van der Waals surface area contributed by atoms with Crippen LogP contribution >= 0.6 is 0 Å². The summed E-state index contributed by atoms with van der Waals surface area (Å²) in [5, 5.41) is 0. The molecule has 5 heteroatoms. The third-order valence-corrected chi connectivity index (χ3v) is 5.32. The van der Waals surface area contributed by atoms with Gasteiger partial charge in [-0.1, -0.05) is 18.2 Å². The first kappa shape index (κ1) is 16.8. The molecule has 0 atom stereocenters. The van der Waals surface area contributed by atoms with Crippen molar-refractivity contribution in [1.82, 2.24) is 14.5 Å². The maximum Gasteiger partial charge on any atom is 0.254 e. The fourth-order valence-electron chi connectivity index (χ4n) is 3.96. The highest BCUT2D eigenvalue weighted by atomic mass is 19.1. The van der Waals surface area contributed by atoms with Gasteiger partial charge < -0.3 is 9.47 Å². The highest BCUT2D eigenvalue weighted by molar-refractivity contribution is 5.95. The van der Waals surface area contributed by atoms with Crippen LogP contribution in [0.3, 0.4) is 0 Å². The molecule has 1 amide bonds. The van der Waals surface area contributed by atoms with Crippen molar-refractivity contribution in [1.29, 1.82) is 0 Å². The Bertz CT molecular complexity index is 971. The summed E-state index contributed by atoms with van der Waals surface area (Å²) in [6, 6.07) is 12.8. The van der Waals surface area contributed by atoms with Gasteiger partial charge >= 0.3 is 0 Å². The Hall–Kier alpha value is -2.69. The van der Waals surface area contributed by atoms with Gasteiger partial charge in [0.2, 0.25) is 0 Å². The number of fused-ring (bicyclic) bond motifs is 1. The number of rotatable bonds is 2. The molecule has 4 rings (SSSR count). The molecule has 134 valence electrons. The predicted octanol–water partition coefficient (Wildman–Crippen LogP) is 4.27. The number of halogens is 1. The smallest absolute Gasteiger partial charge is 0.254 e. The quantitative estimate of drug-likeness (QED) is 0.691. The Morgan fingerprint density at radius 3 is 2.58 bits per heavy atom. The van der Waals surface area contributed by atoms with E-state index in [1.807, 2.05) is 43.0 Å². The number of aryl methyl sites for hydroxylation is 2. The molecular weight excluding hydrogens is 329 g/mol. The molecule has 1 saturated heterocycles. The van der Waals surface area contributed by atoms with Gasteiger partial charge in [-0.15, -0.1) is 0 Å². The number of aromatic nitrogens is 2. The van der Waals surface area contributed by atoms with Gasteiger partial charge in [0.15, 0.2) is 0 Å². The maximum absolute atomic E-state index is 13.5. The van der Waals surface area contributed by atoms with Gasteiger partial charge in [0.05, 0.1) is 11.0 Å². The summed E-state index contributed by atoms with van der Waals surface area (Å²) in [5.41, 5.74) is 3.46. The van der Waals surface area contributed by atoms with E-state index >= 15 is 0 Å². The van der Waals surface area contributed by atoms with Crippen LogP contribution in [0.1, 0.15) is 40.6 Å². The van der Waals surface area contributed by atoms with Crippen LogP contribution in [0.25, 0.3) is 11.0 Å². The Labute approximate surface area is 152 Å². The summed E-state index contributed by atoms with van der Waals surface area (Å²) in [7, 11) is 0. The van der Waals surface area contributed by atoms with Gasteiger partial charge in [-0.25, -0.2) is 9.37 Å². The topological polar surface area (TPSA) is 38.1 Å². The average Bonchev–Trinajstić information content (AvgIpc) is 2.96. The van der Waals surface area contributed by atoms with E-state index in [2.05, 4.69) is 9.55 Å². The molecule has 3 aromatic rings. The SMILES string of the molecule is Cc1ccccc1C(=O)N1CCC(n2c(C)nc3cc(F)ccc32)CC1. The van der Waals surface area contributed by atoms with Crippen molar-refractivity contribution in [3.63, 3.8) is 0 Å². The molecule has 4 nitrogen and oxygen atoms in total. The Morgan fingerprint density at radius 2 is 1.85 bits per heavy atom. The number of imidazole rings is 1. The number of carbonyl (C=O) groups excluding carboxylic acids is 1. The van der Waals surface area contributed by atoms with Crippen molar-refractivity contribution < 1.29 is 9.18 Å². The number of likely N-dealkylation sites (tertiary alicyclic amines) is 1. The van der Waals surface area contributed by atoms with E-state index in [4.69, 9.17) is 0 Å². The van der Waals surface area contributed by atoms with E-state index in [9.17, 15) is 9.18 Å². The number of hydrogen-bond acceptors (Lipinski definition) is 2. The molecule has 0 radical (unpaired) electrons. The average molecular weight is 351 g/mol. The van der Waals surface area contributed by atoms with E-state index in [0.717, 1.165) is 48.4 Å². The number of piperidine rings is 1. The molecule has 0 unspecified atom stereocenters. The minimum atomic E-state index is -0.263. The number of nitrogens with zero attached hydrogens (tertiary/aromatic N) is 3. The van der Waals surface area contributed by atoms with E-state index in [-0.39, 0.29) is 17.8 Å². The van der Waals surface area contributed by atoms with E-state index in [1.54, 1.807) is 6.07 Å². The third kappa shape index (κ3) is 2.87. The largest absolute Gasteiger partial charge is 0.338 e. The molecular formula is C21H22FN3O. The van der Waals surface area contributed by atoms with Crippen molar-refractivity contribution in [3.05, 3.63) is 65.2 Å². The van der Waals surface area contributed by atoms with Gasteiger partial charge in [0.25, 0.3) is 5.91 Å². The molecule has 1 aliphatic rings. The second kappa shape index (κ2) is 6.56. The van der Waals surface area contributed by atoms with Gasteiger partial charge in [-0.05, 0) is 50.5 Å². The number of amides is 1. The second-order valence-corrected chi connectivity index (χ2v) is 7.00. The second-order valence-electron chi connectivity index (χ2n) is 7.00. The lowest BCUT2D eigenvalue weighted by Gasteiger charge is -2.33. The van der Waals surface area contributed by atoms with Crippen LogP contribution in [-0.4, -0.2) is 33.4 Å². The van der Waals surface area contributed by atoms with E-state index < -0.39 is 0 Å². The molecule has 0 spiro atoms. The molecule has 0 saturated carbocycles. The predicted molar refractivity (Wildman–Crippen MR) is 99.8 cm³/mol. The highest BCUT2D eigenvalue weighted by Gasteiger charge is 2.27. The van der Waals surface area contributed by atoms with Crippen molar-refractivity contribution in [2.45, 2.75) is 32.7 Å². The Morgan fingerprint density at radius 1 is 1.12 bits per heavy atom. The summed E-state index contributed by atoms with van der Waals surface area (Å²) >= 11 is 0. The molecule has 1 fully saturated rings. The monoisotopic (exact) mass is 351 g/mol. The van der Waals surface area contributed by atoms with Crippen LogP contribution in [0.4, 0.5) is 4.39 Å². The van der Waals surface area contributed by atoms with Crippen molar-refractivity contribution >= 4 is 16.9 Å². The van der Waals surface area contributed by atoms with E-state index in [1.165, 1.54) is 12.1 Å². The van der Waals surface area contributed by atoms with Crippen LogP contribution in [-0.2, 0) is 0 Å². The molecule has 1 aliphatic heterocycles. The summed E-state index contributed by atoms with van der Waals surface area (Å²) in [6.45, 7) is 5.37. The lowest BCUT2D eigenvalue weighted by Crippen LogP contribution is -2.39. The molecule has 2 aromatic carbocycles. The lowest BCUT2D eigenvalue weighted by molar-refractivity contribution is 0.0694. The third-order valence-electron chi connectivity index (χ3n) is 5.32. The van der Waals surface area contributed by atoms with Crippen molar-refractivity contribution in [2.24, 2.45) is 0 Å². The number of benzene rings is 2. The molecule has 26 heavy (non-hydrogen) atoms. The molecule has 0 bridgehead atoms. The molecule has 1 aromatic heterocycles. The standard InChI is InChI=1S/C21H22FN3O/c1-14-5-3-4-6-18(14)21(26)24-11-9-17(10-12-24)25-15(2)23-19-13-16(22)7-8-20(19)25/h3-8,13,17H,9-12H2,1-2H3. The number of carbonyl (C=O) groups is 1. The van der Waals surface area contributed by atoms with Crippen LogP contribution in [0.2, 0.25) is 0 Å². The highest BCUT2D eigenvalue weighted by Crippen LogP contribution is 2.29. The van der Waals surface area contributed by atoms with Crippen LogP contribution in [0, 0.1) is 19.7 Å². The first-order valence-electron chi connectivity index (χ1n) is 9.03. The lowest BCUT2D eigenvalue weighted by atomic mass is 10.0. The summed E-state index contributed by atoms with van der Waals surface area (Å²) < 4.78 is 15.7. The van der Waals surface area contributed by atoms with Gasteiger partial charge in [-0.3, -0.25) is 4.79 Å². The first-order chi connectivity index (χ1) is 12.5. The zero-order valence-electron chi connectivity index (χ0n) is 15.1. The Balaban J connectivity index is 1.53.